The smallest absolute Gasteiger partial charge is 0.259 e. The van der Waals surface area contributed by atoms with Crippen LogP contribution in [0.15, 0.2) is 35.1 Å². The topological polar surface area (TPSA) is 101 Å². The van der Waals surface area contributed by atoms with Crippen molar-refractivity contribution >= 4 is 5.91 Å². The molecule has 1 atom stereocenters. The first kappa shape index (κ1) is 16.5. The van der Waals surface area contributed by atoms with Gasteiger partial charge in [-0.25, -0.2) is 0 Å². The van der Waals surface area contributed by atoms with E-state index < -0.39 is 5.54 Å². The number of aromatic nitrogens is 2. The molecule has 0 bridgehead atoms. The van der Waals surface area contributed by atoms with Crippen LogP contribution in [0.5, 0.6) is 5.75 Å². The fourth-order valence-electron chi connectivity index (χ4n) is 1.77. The number of nitriles is 1. The molecule has 23 heavy (non-hydrogen) atoms. The Morgan fingerprint density at radius 2 is 2.13 bits per heavy atom. The Kier molecular flexibility index (Phi) is 4.96. The molecule has 0 aliphatic carbocycles. The van der Waals surface area contributed by atoms with Gasteiger partial charge in [-0.2, -0.15) is 5.26 Å². The summed E-state index contributed by atoms with van der Waals surface area (Å²) < 4.78 is 10.5. The van der Waals surface area contributed by atoms with Crippen molar-refractivity contribution in [1.29, 1.82) is 5.26 Å². The molecule has 2 aromatic rings. The third kappa shape index (κ3) is 4.07. The van der Waals surface area contributed by atoms with Gasteiger partial charge in [0.2, 0.25) is 12.3 Å². The number of carbonyl (C=O) groups excluding carboxylic acids is 1. The monoisotopic (exact) mass is 314 g/mol. The van der Waals surface area contributed by atoms with Gasteiger partial charge in [0.25, 0.3) is 5.91 Å². The third-order valence-electron chi connectivity index (χ3n) is 3.62. The maximum absolute atomic E-state index is 11.9. The van der Waals surface area contributed by atoms with Gasteiger partial charge in [0.15, 0.2) is 6.61 Å². The second kappa shape index (κ2) is 6.92. The molecule has 0 saturated carbocycles. The Morgan fingerprint density at radius 3 is 2.65 bits per heavy atom. The molecule has 1 heterocycles. The molecule has 1 unspecified atom stereocenters. The van der Waals surface area contributed by atoms with E-state index in [0.717, 1.165) is 5.56 Å². The van der Waals surface area contributed by atoms with Crippen molar-refractivity contribution < 1.29 is 13.9 Å². The van der Waals surface area contributed by atoms with E-state index in [2.05, 4.69) is 21.6 Å². The van der Waals surface area contributed by atoms with Crippen molar-refractivity contribution in [3.63, 3.8) is 0 Å². The summed E-state index contributed by atoms with van der Waals surface area (Å²) in [6.07, 6.45) is 1.25. The van der Waals surface area contributed by atoms with Crippen LogP contribution in [0, 0.1) is 17.2 Å². The summed E-state index contributed by atoms with van der Waals surface area (Å²) in [7, 11) is 0. The van der Waals surface area contributed by atoms with E-state index in [4.69, 9.17) is 9.15 Å². The summed E-state index contributed by atoms with van der Waals surface area (Å²) in [6, 6.07) is 9.05. The molecule has 0 radical (unpaired) electrons. The number of amides is 1. The highest BCUT2D eigenvalue weighted by Crippen LogP contribution is 2.20. The minimum Gasteiger partial charge on any atom is -0.484 e. The van der Waals surface area contributed by atoms with Gasteiger partial charge in [0.1, 0.15) is 11.3 Å². The van der Waals surface area contributed by atoms with Crippen LogP contribution in [0.3, 0.4) is 0 Å². The second-order valence-electron chi connectivity index (χ2n) is 5.57. The predicted molar refractivity (Wildman–Crippen MR) is 82.2 cm³/mol. The Morgan fingerprint density at radius 1 is 1.43 bits per heavy atom. The second-order valence-corrected chi connectivity index (χ2v) is 5.57. The average Bonchev–Trinajstić information content (AvgIpc) is 3.07. The largest absolute Gasteiger partial charge is 0.484 e. The number of carbonyl (C=O) groups is 1. The zero-order valence-electron chi connectivity index (χ0n) is 13.2. The summed E-state index contributed by atoms with van der Waals surface area (Å²) in [5, 5.41) is 19.3. The van der Waals surface area contributed by atoms with Gasteiger partial charge in [0, 0.05) is 5.56 Å². The van der Waals surface area contributed by atoms with Crippen LogP contribution in [0.25, 0.3) is 11.5 Å². The zero-order chi connectivity index (χ0) is 16.9. The molecule has 0 saturated heterocycles. The summed E-state index contributed by atoms with van der Waals surface area (Å²) in [5.41, 5.74) is -0.154. The van der Waals surface area contributed by atoms with Crippen molar-refractivity contribution in [2.24, 2.45) is 5.92 Å². The highest BCUT2D eigenvalue weighted by atomic mass is 16.5. The predicted octanol–water partition coefficient (Wildman–Crippen LogP) is 2.17. The Bertz CT molecular complexity index is 689. The van der Waals surface area contributed by atoms with Crippen LogP contribution in [-0.2, 0) is 4.79 Å². The number of ether oxygens (including phenoxy) is 1. The van der Waals surface area contributed by atoms with Gasteiger partial charge in [-0.15, -0.1) is 10.2 Å². The highest BCUT2D eigenvalue weighted by Gasteiger charge is 2.29. The van der Waals surface area contributed by atoms with Crippen molar-refractivity contribution in [2.75, 3.05) is 6.61 Å². The SMILES string of the molecule is CC(C)C(C)(C#N)NC(=O)COc1ccc(-c2nnco2)cc1. The van der Waals surface area contributed by atoms with E-state index in [0.29, 0.717) is 11.6 Å². The number of rotatable bonds is 6. The molecule has 7 nitrogen and oxygen atoms in total. The molecule has 7 heteroatoms. The summed E-state index contributed by atoms with van der Waals surface area (Å²) in [6.45, 7) is 5.28. The van der Waals surface area contributed by atoms with E-state index in [1.807, 2.05) is 13.8 Å². The molecule has 1 aromatic carbocycles. The maximum atomic E-state index is 11.9. The lowest BCUT2D eigenvalue weighted by atomic mass is 9.90. The van der Waals surface area contributed by atoms with Gasteiger partial charge in [-0.1, -0.05) is 13.8 Å². The molecule has 2 rings (SSSR count). The molecule has 1 aromatic heterocycles. The maximum Gasteiger partial charge on any atom is 0.259 e. The van der Waals surface area contributed by atoms with Crippen LogP contribution in [0.4, 0.5) is 0 Å². The average molecular weight is 314 g/mol. The van der Waals surface area contributed by atoms with Crippen molar-refractivity contribution in [1.82, 2.24) is 15.5 Å². The van der Waals surface area contributed by atoms with Crippen LogP contribution in [0.1, 0.15) is 20.8 Å². The van der Waals surface area contributed by atoms with Gasteiger partial charge >= 0.3 is 0 Å². The molecule has 0 fully saturated rings. The van der Waals surface area contributed by atoms with Crippen LogP contribution in [-0.4, -0.2) is 28.3 Å². The van der Waals surface area contributed by atoms with E-state index >= 15 is 0 Å². The number of hydrogen-bond acceptors (Lipinski definition) is 6. The lowest BCUT2D eigenvalue weighted by Crippen LogP contribution is -2.50. The molecule has 0 aliphatic heterocycles. The number of nitrogens with one attached hydrogen (secondary N) is 1. The van der Waals surface area contributed by atoms with E-state index in [1.54, 1.807) is 31.2 Å². The van der Waals surface area contributed by atoms with Crippen molar-refractivity contribution in [3.05, 3.63) is 30.7 Å². The van der Waals surface area contributed by atoms with Gasteiger partial charge < -0.3 is 14.5 Å². The lowest BCUT2D eigenvalue weighted by Gasteiger charge is -2.27. The fraction of sp³-hybridized carbons (Fsp3) is 0.375. The van der Waals surface area contributed by atoms with Gasteiger partial charge in [-0.05, 0) is 37.1 Å². The number of nitrogens with zero attached hydrogens (tertiary/aromatic N) is 3. The standard InChI is InChI=1S/C16H18N4O3/c1-11(2)16(3,9-17)19-14(21)8-22-13-6-4-12(5-7-13)15-20-18-10-23-15/h4-7,10-11H,8H2,1-3H3,(H,19,21). The minimum atomic E-state index is -0.914. The van der Waals surface area contributed by atoms with Crippen molar-refractivity contribution in [2.45, 2.75) is 26.3 Å². The molecule has 0 aliphatic rings. The van der Waals surface area contributed by atoms with E-state index in [9.17, 15) is 10.1 Å². The van der Waals surface area contributed by atoms with Gasteiger partial charge in [-0.3, -0.25) is 4.79 Å². The van der Waals surface area contributed by atoms with Crippen LogP contribution in [0.2, 0.25) is 0 Å². The first-order valence-corrected chi connectivity index (χ1v) is 7.16. The molecule has 120 valence electrons. The fourth-order valence-corrected chi connectivity index (χ4v) is 1.77. The Balaban J connectivity index is 1.91. The van der Waals surface area contributed by atoms with E-state index in [-0.39, 0.29) is 18.4 Å². The zero-order valence-corrected chi connectivity index (χ0v) is 13.2. The third-order valence-corrected chi connectivity index (χ3v) is 3.62. The molecule has 1 N–H and O–H groups in total. The minimum absolute atomic E-state index is 0.00913. The lowest BCUT2D eigenvalue weighted by molar-refractivity contribution is -0.124. The van der Waals surface area contributed by atoms with Crippen molar-refractivity contribution in [3.8, 4) is 23.3 Å². The number of hydrogen-bond donors (Lipinski definition) is 1. The van der Waals surface area contributed by atoms with Crippen LogP contribution < -0.4 is 10.1 Å². The molecular weight excluding hydrogens is 296 g/mol. The first-order chi connectivity index (χ1) is 10.9. The van der Waals surface area contributed by atoms with Gasteiger partial charge in [0.05, 0.1) is 6.07 Å². The van der Waals surface area contributed by atoms with E-state index in [1.165, 1.54) is 6.39 Å². The Hall–Kier alpha value is -2.88. The Labute approximate surface area is 134 Å². The normalized spacial score (nSPS) is 13.2. The molecular formula is C16H18N4O3. The highest BCUT2D eigenvalue weighted by molar-refractivity contribution is 5.78. The molecule has 1 amide bonds. The number of benzene rings is 1. The summed E-state index contributed by atoms with van der Waals surface area (Å²) in [5.74, 6) is 0.594. The summed E-state index contributed by atoms with van der Waals surface area (Å²) in [4.78, 5) is 11.9. The molecule has 0 spiro atoms. The quantitative estimate of drug-likeness (QED) is 0.877. The first-order valence-electron chi connectivity index (χ1n) is 7.16. The summed E-state index contributed by atoms with van der Waals surface area (Å²) >= 11 is 0. The van der Waals surface area contributed by atoms with Crippen LogP contribution >= 0.6 is 0 Å².